The molecule has 1 atom stereocenters. The number of halogens is 1. The van der Waals surface area contributed by atoms with Crippen molar-refractivity contribution in [2.75, 3.05) is 0 Å². The van der Waals surface area contributed by atoms with Gasteiger partial charge in [0.1, 0.15) is 0 Å². The topological polar surface area (TPSA) is 79.5 Å². The fourth-order valence-corrected chi connectivity index (χ4v) is 4.96. The highest BCUT2D eigenvalue weighted by molar-refractivity contribution is 6.31. The first-order chi connectivity index (χ1) is 14.7. The summed E-state index contributed by atoms with van der Waals surface area (Å²) < 4.78 is 5.50. The predicted molar refractivity (Wildman–Crippen MR) is 118 cm³/mol. The minimum atomic E-state index is -0.966. The van der Waals surface area contributed by atoms with Crippen LogP contribution < -0.4 is 0 Å². The van der Waals surface area contributed by atoms with E-state index in [2.05, 4.69) is 10.2 Å². The molecule has 0 spiro atoms. The van der Waals surface area contributed by atoms with Gasteiger partial charge < -0.3 is 14.4 Å². The molecular formula is C24H24ClN3O3. The van der Waals surface area contributed by atoms with Crippen LogP contribution in [0.5, 0.6) is 0 Å². The molecule has 0 bridgehead atoms. The minimum Gasteiger partial charge on any atom is -0.421 e. The lowest BCUT2D eigenvalue weighted by atomic mass is 9.92. The average Bonchev–Trinajstić information content (AvgIpc) is 3.35. The number of benzene rings is 2. The molecule has 2 heterocycles. The Morgan fingerprint density at radius 3 is 2.42 bits per heavy atom. The van der Waals surface area contributed by atoms with Crippen molar-refractivity contribution < 1.29 is 14.3 Å². The van der Waals surface area contributed by atoms with E-state index in [4.69, 9.17) is 16.0 Å². The molecule has 1 amide bonds. The number of hydrogen-bond donors (Lipinski definition) is 1. The summed E-state index contributed by atoms with van der Waals surface area (Å²) in [6.07, 6.45) is 2.08. The summed E-state index contributed by atoms with van der Waals surface area (Å²) in [5.41, 5.74) is 3.10. The Morgan fingerprint density at radius 2 is 1.84 bits per heavy atom. The Bertz CT molecular complexity index is 1160. The number of fused-ring (bicyclic) bond motifs is 1. The van der Waals surface area contributed by atoms with Crippen molar-refractivity contribution in [1.29, 1.82) is 0 Å². The fourth-order valence-electron chi connectivity index (χ4n) is 4.72. The first-order valence-electron chi connectivity index (χ1n) is 10.5. The lowest BCUT2D eigenvalue weighted by Crippen LogP contribution is -2.51. The number of nitrogens with zero attached hydrogens (tertiary/aromatic N) is 3. The Morgan fingerprint density at radius 1 is 1.16 bits per heavy atom. The molecule has 1 fully saturated rings. The summed E-state index contributed by atoms with van der Waals surface area (Å²) in [5.74, 6) is 1.26. The summed E-state index contributed by atoms with van der Waals surface area (Å²) in [5, 5.41) is 19.3. The van der Waals surface area contributed by atoms with Crippen molar-refractivity contribution >= 4 is 17.5 Å². The summed E-state index contributed by atoms with van der Waals surface area (Å²) in [6.45, 7) is 5.79. The summed E-state index contributed by atoms with van der Waals surface area (Å²) >= 11 is 6.44. The second kappa shape index (κ2) is 7.18. The van der Waals surface area contributed by atoms with Gasteiger partial charge in [-0.1, -0.05) is 23.7 Å². The van der Waals surface area contributed by atoms with E-state index in [0.717, 1.165) is 35.1 Å². The van der Waals surface area contributed by atoms with E-state index < -0.39 is 5.60 Å². The Kier molecular flexibility index (Phi) is 4.68. The van der Waals surface area contributed by atoms with Gasteiger partial charge >= 0.3 is 0 Å². The lowest BCUT2D eigenvalue weighted by molar-refractivity contribution is -0.0224. The molecule has 1 aliphatic carbocycles. The van der Waals surface area contributed by atoms with E-state index >= 15 is 0 Å². The first kappa shape index (κ1) is 20.2. The first-order valence-corrected chi connectivity index (χ1v) is 10.9. The molecule has 0 saturated heterocycles. The van der Waals surface area contributed by atoms with Crippen molar-refractivity contribution in [3.05, 3.63) is 58.4 Å². The molecule has 5 rings (SSSR count). The van der Waals surface area contributed by atoms with Crippen LogP contribution in [-0.4, -0.2) is 37.8 Å². The third-order valence-corrected chi connectivity index (χ3v) is 6.32. The van der Waals surface area contributed by atoms with Gasteiger partial charge in [0.15, 0.2) is 0 Å². The second-order valence-corrected chi connectivity index (χ2v) is 9.50. The lowest BCUT2D eigenvalue weighted by Gasteiger charge is -2.37. The Labute approximate surface area is 185 Å². The number of carbonyl (C=O) groups excluding carboxylic acids is 1. The number of aromatic nitrogens is 2. The van der Waals surface area contributed by atoms with E-state index in [-0.39, 0.29) is 11.9 Å². The van der Waals surface area contributed by atoms with Crippen LogP contribution >= 0.6 is 11.6 Å². The van der Waals surface area contributed by atoms with E-state index in [9.17, 15) is 9.90 Å². The van der Waals surface area contributed by atoms with Crippen LogP contribution in [0.1, 0.15) is 48.5 Å². The van der Waals surface area contributed by atoms with Crippen molar-refractivity contribution in [2.24, 2.45) is 5.92 Å². The average molecular weight is 438 g/mol. The Hall–Kier alpha value is -2.70. The standard InChI is InChI=1S/C24H24ClN3O3/c1-13-26-27-22(31-13)16-8-4-14(5-9-16)19-11-18(25)10-17-12-28(23(29)20(17)19)21(15-6-7-15)24(2,3)30/h4-5,8-11,15,21,30H,6-7,12H2,1-3H3/t21-/m0/s1. The highest BCUT2D eigenvalue weighted by Crippen LogP contribution is 2.44. The van der Waals surface area contributed by atoms with Gasteiger partial charge in [0.25, 0.3) is 5.91 Å². The second-order valence-electron chi connectivity index (χ2n) is 9.06. The summed E-state index contributed by atoms with van der Waals surface area (Å²) in [7, 11) is 0. The molecular weight excluding hydrogens is 414 g/mol. The van der Waals surface area contributed by atoms with Crippen LogP contribution in [0, 0.1) is 12.8 Å². The number of aliphatic hydroxyl groups is 1. The number of hydrogen-bond acceptors (Lipinski definition) is 5. The van der Waals surface area contributed by atoms with Crippen molar-refractivity contribution in [1.82, 2.24) is 15.1 Å². The maximum Gasteiger partial charge on any atom is 0.255 e. The molecule has 3 aromatic rings. The molecule has 2 aromatic carbocycles. The Balaban J connectivity index is 1.53. The molecule has 1 aromatic heterocycles. The van der Waals surface area contributed by atoms with Gasteiger partial charge in [-0.25, -0.2) is 0 Å². The van der Waals surface area contributed by atoms with Crippen molar-refractivity contribution in [3.8, 4) is 22.6 Å². The van der Waals surface area contributed by atoms with Crippen LogP contribution in [-0.2, 0) is 6.54 Å². The smallest absolute Gasteiger partial charge is 0.255 e. The summed E-state index contributed by atoms with van der Waals surface area (Å²) in [4.78, 5) is 15.4. The highest BCUT2D eigenvalue weighted by atomic mass is 35.5. The van der Waals surface area contributed by atoms with Crippen LogP contribution in [0.4, 0.5) is 0 Å². The van der Waals surface area contributed by atoms with Gasteiger partial charge in [0.05, 0.1) is 17.2 Å². The van der Waals surface area contributed by atoms with Gasteiger partial charge in [0, 0.05) is 24.1 Å². The largest absolute Gasteiger partial charge is 0.421 e. The van der Waals surface area contributed by atoms with Crippen LogP contribution in [0.3, 0.4) is 0 Å². The monoisotopic (exact) mass is 437 g/mol. The van der Waals surface area contributed by atoms with Gasteiger partial charge in [-0.2, -0.15) is 0 Å². The predicted octanol–water partition coefficient (Wildman–Crippen LogP) is 4.87. The normalized spacial score (nSPS) is 17.2. The van der Waals surface area contributed by atoms with Gasteiger partial charge in [-0.15, -0.1) is 10.2 Å². The van der Waals surface area contributed by atoms with E-state index in [1.807, 2.05) is 41.3 Å². The van der Waals surface area contributed by atoms with Crippen molar-refractivity contribution in [3.63, 3.8) is 0 Å². The van der Waals surface area contributed by atoms with Crippen LogP contribution in [0.15, 0.2) is 40.8 Å². The third kappa shape index (κ3) is 3.64. The van der Waals surface area contributed by atoms with E-state index in [1.165, 1.54) is 0 Å². The number of amides is 1. The molecule has 160 valence electrons. The van der Waals surface area contributed by atoms with Gasteiger partial charge in [-0.05, 0) is 73.6 Å². The van der Waals surface area contributed by atoms with Crippen LogP contribution in [0.25, 0.3) is 22.6 Å². The SMILES string of the molecule is Cc1nnc(-c2ccc(-c3cc(Cl)cc4c3C(=O)N([C@@H](C3CC3)C(C)(C)O)C4)cc2)o1. The zero-order chi connectivity index (χ0) is 21.9. The molecule has 31 heavy (non-hydrogen) atoms. The zero-order valence-corrected chi connectivity index (χ0v) is 18.5. The molecule has 0 radical (unpaired) electrons. The van der Waals surface area contributed by atoms with E-state index in [0.29, 0.717) is 34.8 Å². The molecule has 2 aliphatic rings. The maximum atomic E-state index is 13.6. The third-order valence-electron chi connectivity index (χ3n) is 6.10. The minimum absolute atomic E-state index is 0.0442. The van der Waals surface area contributed by atoms with Gasteiger partial charge in [-0.3, -0.25) is 4.79 Å². The highest BCUT2D eigenvalue weighted by Gasteiger charge is 2.48. The molecule has 1 saturated carbocycles. The number of carbonyl (C=O) groups is 1. The molecule has 1 aliphatic heterocycles. The quantitative estimate of drug-likeness (QED) is 0.615. The van der Waals surface area contributed by atoms with Crippen molar-refractivity contribution in [2.45, 2.75) is 51.8 Å². The van der Waals surface area contributed by atoms with Gasteiger partial charge in [0.2, 0.25) is 11.8 Å². The number of aryl methyl sites for hydroxylation is 1. The summed E-state index contributed by atoms with van der Waals surface area (Å²) in [6, 6.07) is 11.2. The van der Waals surface area contributed by atoms with E-state index in [1.54, 1.807) is 20.8 Å². The maximum absolute atomic E-state index is 13.6. The molecule has 0 unspecified atom stereocenters. The molecule has 6 nitrogen and oxygen atoms in total. The molecule has 1 N–H and O–H groups in total. The number of rotatable bonds is 5. The zero-order valence-electron chi connectivity index (χ0n) is 17.7. The fraction of sp³-hybridized carbons (Fsp3) is 0.375. The van der Waals surface area contributed by atoms with Crippen LogP contribution in [0.2, 0.25) is 5.02 Å². The molecule has 7 heteroatoms.